The quantitative estimate of drug-likeness (QED) is 0.863. The van der Waals surface area contributed by atoms with E-state index >= 15 is 0 Å². The molecule has 0 aliphatic carbocycles. The van der Waals surface area contributed by atoms with E-state index in [1.165, 1.54) is 0 Å². The first kappa shape index (κ1) is 11.7. The molecule has 0 saturated carbocycles. The lowest BCUT2D eigenvalue weighted by Crippen LogP contribution is -2.39. The zero-order valence-corrected chi connectivity index (χ0v) is 10.3. The number of halogens is 1. The Morgan fingerprint density at radius 3 is 2.88 bits per heavy atom. The summed E-state index contributed by atoms with van der Waals surface area (Å²) in [5, 5.41) is 4.06. The molecule has 1 aliphatic rings. The number of methoxy groups -OCH3 is 1. The van der Waals surface area contributed by atoms with Crippen molar-refractivity contribution in [2.24, 2.45) is 0 Å². The Kier molecular flexibility index (Phi) is 3.69. The molecule has 0 aromatic heterocycles. The largest absolute Gasteiger partial charge is 0.495 e. The van der Waals surface area contributed by atoms with Crippen molar-refractivity contribution in [3.63, 3.8) is 0 Å². The zero-order chi connectivity index (χ0) is 11.5. The standard InChI is InChI=1S/C12H16ClNO2/c1-8-6-14-11(7-16-8)9-3-4-12(15-2)10(13)5-9/h3-5,8,11,14H,6-7H2,1-2H3. The molecule has 2 atom stereocenters. The summed E-state index contributed by atoms with van der Waals surface area (Å²) < 4.78 is 10.7. The van der Waals surface area contributed by atoms with E-state index in [9.17, 15) is 0 Å². The molecule has 16 heavy (non-hydrogen) atoms. The van der Waals surface area contributed by atoms with Gasteiger partial charge in [-0.3, -0.25) is 0 Å². The molecule has 0 amide bonds. The van der Waals surface area contributed by atoms with Gasteiger partial charge in [-0.15, -0.1) is 0 Å². The van der Waals surface area contributed by atoms with E-state index in [1.807, 2.05) is 18.2 Å². The van der Waals surface area contributed by atoms with Crippen LogP contribution < -0.4 is 10.1 Å². The smallest absolute Gasteiger partial charge is 0.137 e. The van der Waals surface area contributed by atoms with Crippen LogP contribution in [0.3, 0.4) is 0 Å². The van der Waals surface area contributed by atoms with Crippen LogP contribution in [0.15, 0.2) is 18.2 Å². The number of benzene rings is 1. The van der Waals surface area contributed by atoms with Crippen LogP contribution in [0.2, 0.25) is 5.02 Å². The van der Waals surface area contributed by atoms with Crippen LogP contribution in [-0.2, 0) is 4.74 Å². The first-order chi connectivity index (χ1) is 7.70. The SMILES string of the molecule is COc1ccc(C2COC(C)CN2)cc1Cl. The van der Waals surface area contributed by atoms with Gasteiger partial charge in [-0.1, -0.05) is 17.7 Å². The monoisotopic (exact) mass is 241 g/mol. The molecule has 1 N–H and O–H groups in total. The Labute approximate surface area is 101 Å². The fourth-order valence-electron chi connectivity index (χ4n) is 1.80. The summed E-state index contributed by atoms with van der Waals surface area (Å²) in [6.07, 6.45) is 0.282. The Bertz CT molecular complexity index is 362. The van der Waals surface area contributed by atoms with Gasteiger partial charge in [-0.2, -0.15) is 0 Å². The lowest BCUT2D eigenvalue weighted by atomic mass is 10.1. The fraction of sp³-hybridized carbons (Fsp3) is 0.500. The van der Waals surface area contributed by atoms with Crippen LogP contribution in [0.25, 0.3) is 0 Å². The third kappa shape index (κ3) is 2.48. The Balaban J connectivity index is 2.12. The molecule has 1 fully saturated rings. The topological polar surface area (TPSA) is 30.5 Å². The fourth-order valence-corrected chi connectivity index (χ4v) is 2.07. The second-order valence-corrected chi connectivity index (χ2v) is 4.41. The number of hydrogen-bond acceptors (Lipinski definition) is 3. The van der Waals surface area contributed by atoms with Crippen molar-refractivity contribution in [2.45, 2.75) is 19.1 Å². The summed E-state index contributed by atoms with van der Waals surface area (Å²) in [6, 6.07) is 6.05. The van der Waals surface area contributed by atoms with Gasteiger partial charge in [0.2, 0.25) is 0 Å². The predicted octanol–water partition coefficient (Wildman–Crippen LogP) is 2.40. The molecule has 1 aromatic carbocycles. The molecule has 1 aliphatic heterocycles. The summed E-state index contributed by atoms with van der Waals surface area (Å²) in [6.45, 7) is 3.61. The van der Waals surface area contributed by atoms with Gasteiger partial charge in [0.05, 0.1) is 30.9 Å². The van der Waals surface area contributed by atoms with E-state index in [-0.39, 0.29) is 12.1 Å². The first-order valence-corrected chi connectivity index (χ1v) is 5.77. The Morgan fingerprint density at radius 1 is 1.50 bits per heavy atom. The zero-order valence-electron chi connectivity index (χ0n) is 9.50. The van der Waals surface area contributed by atoms with Crippen molar-refractivity contribution < 1.29 is 9.47 Å². The third-order valence-corrected chi connectivity index (χ3v) is 3.07. The van der Waals surface area contributed by atoms with Gasteiger partial charge in [0.1, 0.15) is 5.75 Å². The first-order valence-electron chi connectivity index (χ1n) is 5.39. The highest BCUT2D eigenvalue weighted by molar-refractivity contribution is 6.32. The van der Waals surface area contributed by atoms with Gasteiger partial charge in [0.15, 0.2) is 0 Å². The molecule has 1 saturated heterocycles. The van der Waals surface area contributed by atoms with E-state index in [1.54, 1.807) is 7.11 Å². The summed E-state index contributed by atoms with van der Waals surface area (Å²) in [7, 11) is 1.62. The van der Waals surface area contributed by atoms with Crippen molar-refractivity contribution in [2.75, 3.05) is 20.3 Å². The molecule has 1 aromatic rings. The van der Waals surface area contributed by atoms with Crippen LogP contribution >= 0.6 is 11.6 Å². The highest BCUT2D eigenvalue weighted by Crippen LogP contribution is 2.28. The minimum atomic E-state index is 0.222. The number of hydrogen-bond donors (Lipinski definition) is 1. The molecule has 1 heterocycles. The van der Waals surface area contributed by atoms with Crippen molar-refractivity contribution in [3.8, 4) is 5.75 Å². The van der Waals surface area contributed by atoms with E-state index < -0.39 is 0 Å². The van der Waals surface area contributed by atoms with Crippen LogP contribution in [0.1, 0.15) is 18.5 Å². The summed E-state index contributed by atoms with van der Waals surface area (Å²) in [5.41, 5.74) is 1.14. The molecular formula is C12H16ClNO2. The molecule has 0 radical (unpaired) electrons. The Hall–Kier alpha value is -0.770. The molecule has 0 bridgehead atoms. The van der Waals surface area contributed by atoms with Gasteiger partial charge in [-0.05, 0) is 24.6 Å². The van der Waals surface area contributed by atoms with Crippen molar-refractivity contribution >= 4 is 11.6 Å². The summed E-state index contributed by atoms with van der Waals surface area (Å²) >= 11 is 6.08. The molecule has 88 valence electrons. The van der Waals surface area contributed by atoms with Gasteiger partial charge in [0.25, 0.3) is 0 Å². The van der Waals surface area contributed by atoms with Gasteiger partial charge >= 0.3 is 0 Å². The maximum atomic E-state index is 6.08. The lowest BCUT2D eigenvalue weighted by molar-refractivity contribution is 0.0149. The molecule has 3 nitrogen and oxygen atoms in total. The Morgan fingerprint density at radius 2 is 2.31 bits per heavy atom. The maximum absolute atomic E-state index is 6.08. The highest BCUT2D eigenvalue weighted by atomic mass is 35.5. The molecule has 2 rings (SSSR count). The van der Waals surface area contributed by atoms with Crippen LogP contribution in [0.4, 0.5) is 0 Å². The summed E-state index contributed by atoms with van der Waals surface area (Å²) in [5.74, 6) is 0.704. The van der Waals surface area contributed by atoms with Crippen LogP contribution in [0.5, 0.6) is 5.75 Å². The van der Waals surface area contributed by atoms with Crippen molar-refractivity contribution in [3.05, 3.63) is 28.8 Å². The van der Waals surface area contributed by atoms with Crippen molar-refractivity contribution in [1.82, 2.24) is 5.32 Å². The lowest BCUT2D eigenvalue weighted by Gasteiger charge is -2.28. The minimum Gasteiger partial charge on any atom is -0.495 e. The number of rotatable bonds is 2. The average Bonchev–Trinajstić information content (AvgIpc) is 2.30. The van der Waals surface area contributed by atoms with E-state index in [4.69, 9.17) is 21.1 Å². The second-order valence-electron chi connectivity index (χ2n) is 4.00. The minimum absolute atomic E-state index is 0.222. The van der Waals surface area contributed by atoms with Gasteiger partial charge in [-0.25, -0.2) is 0 Å². The predicted molar refractivity (Wildman–Crippen MR) is 64.2 cm³/mol. The van der Waals surface area contributed by atoms with Gasteiger partial charge < -0.3 is 14.8 Å². The van der Waals surface area contributed by atoms with E-state index in [0.29, 0.717) is 17.4 Å². The second kappa shape index (κ2) is 5.04. The van der Waals surface area contributed by atoms with Crippen LogP contribution in [0, 0.1) is 0 Å². The number of morpholine rings is 1. The van der Waals surface area contributed by atoms with E-state index in [0.717, 1.165) is 12.1 Å². The number of ether oxygens (including phenoxy) is 2. The summed E-state index contributed by atoms with van der Waals surface area (Å²) in [4.78, 5) is 0. The normalized spacial score (nSPS) is 25.4. The molecule has 0 spiro atoms. The highest BCUT2D eigenvalue weighted by Gasteiger charge is 2.19. The molecule has 4 heteroatoms. The molecular weight excluding hydrogens is 226 g/mol. The maximum Gasteiger partial charge on any atom is 0.137 e. The van der Waals surface area contributed by atoms with Gasteiger partial charge in [0, 0.05) is 6.54 Å². The average molecular weight is 242 g/mol. The number of nitrogens with one attached hydrogen (secondary N) is 1. The third-order valence-electron chi connectivity index (χ3n) is 2.78. The van der Waals surface area contributed by atoms with Crippen molar-refractivity contribution in [1.29, 1.82) is 0 Å². The van der Waals surface area contributed by atoms with Crippen LogP contribution in [-0.4, -0.2) is 26.4 Å². The molecule has 2 unspecified atom stereocenters. The van der Waals surface area contributed by atoms with E-state index in [2.05, 4.69) is 12.2 Å².